The van der Waals surface area contributed by atoms with Crippen LogP contribution in [0.5, 0.6) is 0 Å². The second kappa shape index (κ2) is 6.18. The van der Waals surface area contributed by atoms with Crippen LogP contribution in [0.3, 0.4) is 0 Å². The molecule has 0 bridgehead atoms. The van der Waals surface area contributed by atoms with Crippen molar-refractivity contribution < 1.29 is 22.4 Å². The quantitative estimate of drug-likeness (QED) is 0.676. The maximum atomic E-state index is 13.7. The van der Waals surface area contributed by atoms with E-state index in [0.29, 0.717) is 25.1 Å². The molecule has 1 N–H and O–H groups in total. The number of amides is 1. The highest BCUT2D eigenvalue weighted by Crippen LogP contribution is 2.22. The Balaban J connectivity index is 1.81. The third-order valence-electron chi connectivity index (χ3n) is 3.94. The summed E-state index contributed by atoms with van der Waals surface area (Å²) >= 11 is 0. The summed E-state index contributed by atoms with van der Waals surface area (Å²) in [6, 6.07) is -0.362. The molecule has 2 aromatic rings. The first-order chi connectivity index (χ1) is 11.4. The molecule has 0 fully saturated rings. The molecule has 0 saturated carbocycles. The Hall–Kier alpha value is -2.51. The van der Waals surface area contributed by atoms with E-state index in [1.807, 2.05) is 0 Å². The summed E-state index contributed by atoms with van der Waals surface area (Å²) < 4.78 is 53.8. The highest BCUT2D eigenvalue weighted by Gasteiger charge is 2.28. The van der Waals surface area contributed by atoms with Crippen LogP contribution in [0.2, 0.25) is 0 Å². The van der Waals surface area contributed by atoms with Crippen LogP contribution in [-0.2, 0) is 12.8 Å². The van der Waals surface area contributed by atoms with Gasteiger partial charge >= 0.3 is 0 Å². The summed E-state index contributed by atoms with van der Waals surface area (Å²) in [6.07, 6.45) is 3.07. The van der Waals surface area contributed by atoms with Gasteiger partial charge in [-0.1, -0.05) is 0 Å². The molecular weight excluding hydrogens is 326 g/mol. The normalized spacial score (nSPS) is 16.6. The highest BCUT2D eigenvalue weighted by atomic mass is 19.2. The monoisotopic (exact) mass is 339 g/mol. The first-order valence-electron chi connectivity index (χ1n) is 7.32. The minimum Gasteiger partial charge on any atom is -0.349 e. The van der Waals surface area contributed by atoms with Crippen molar-refractivity contribution in [2.24, 2.45) is 0 Å². The first-order valence-corrected chi connectivity index (χ1v) is 7.32. The molecule has 1 heterocycles. The van der Waals surface area contributed by atoms with E-state index >= 15 is 0 Å². The van der Waals surface area contributed by atoms with E-state index in [-0.39, 0.29) is 6.07 Å². The molecule has 1 aromatic carbocycles. The van der Waals surface area contributed by atoms with Gasteiger partial charge in [0.2, 0.25) is 0 Å². The standard InChI is InChI=1S/C16H13F4N3O/c1-7-21-6-8-4-9(2-3-12(8)22-7)23-16(24)13-14(19)10(17)5-11(18)15(13)20/h5-6,9H,2-4H2,1H3,(H,23,24). The van der Waals surface area contributed by atoms with Crippen molar-refractivity contribution in [1.29, 1.82) is 0 Å². The summed E-state index contributed by atoms with van der Waals surface area (Å²) in [5, 5.41) is 2.42. The van der Waals surface area contributed by atoms with Gasteiger partial charge in [0.25, 0.3) is 5.91 Å². The molecule has 0 spiro atoms. The Morgan fingerprint density at radius 1 is 1.21 bits per heavy atom. The Morgan fingerprint density at radius 2 is 1.88 bits per heavy atom. The molecular formula is C16H13F4N3O. The van der Waals surface area contributed by atoms with Crippen LogP contribution >= 0.6 is 0 Å². The van der Waals surface area contributed by atoms with Gasteiger partial charge in [-0.2, -0.15) is 0 Å². The molecule has 0 saturated heterocycles. The molecule has 4 nitrogen and oxygen atoms in total. The lowest BCUT2D eigenvalue weighted by Gasteiger charge is -2.25. The zero-order chi connectivity index (χ0) is 17.4. The van der Waals surface area contributed by atoms with Crippen molar-refractivity contribution in [3.8, 4) is 0 Å². The summed E-state index contributed by atoms with van der Waals surface area (Å²) in [7, 11) is 0. The maximum absolute atomic E-state index is 13.7. The van der Waals surface area contributed by atoms with Gasteiger partial charge < -0.3 is 5.32 Å². The number of carbonyl (C=O) groups is 1. The molecule has 3 rings (SSSR count). The van der Waals surface area contributed by atoms with Crippen LogP contribution in [0.4, 0.5) is 17.6 Å². The van der Waals surface area contributed by atoms with Crippen LogP contribution in [0.15, 0.2) is 12.3 Å². The van der Waals surface area contributed by atoms with Crippen LogP contribution in [-0.4, -0.2) is 21.9 Å². The number of hydrogen-bond donors (Lipinski definition) is 1. The molecule has 1 aliphatic carbocycles. The highest BCUT2D eigenvalue weighted by molar-refractivity contribution is 5.95. The third-order valence-corrected chi connectivity index (χ3v) is 3.94. The molecule has 24 heavy (non-hydrogen) atoms. The number of aromatic nitrogens is 2. The Labute approximate surface area is 134 Å². The fourth-order valence-corrected chi connectivity index (χ4v) is 2.76. The van der Waals surface area contributed by atoms with Crippen molar-refractivity contribution in [2.75, 3.05) is 0 Å². The number of nitrogens with one attached hydrogen (secondary N) is 1. The van der Waals surface area contributed by atoms with Gasteiger partial charge in [-0.3, -0.25) is 4.79 Å². The zero-order valence-corrected chi connectivity index (χ0v) is 12.7. The lowest BCUT2D eigenvalue weighted by molar-refractivity contribution is 0.0922. The number of nitrogens with zero attached hydrogens (tertiary/aromatic N) is 2. The lowest BCUT2D eigenvalue weighted by Crippen LogP contribution is -2.40. The summed E-state index contributed by atoms with van der Waals surface area (Å²) in [4.78, 5) is 20.4. The number of carbonyl (C=O) groups excluding carboxylic acids is 1. The van der Waals surface area contributed by atoms with E-state index in [1.165, 1.54) is 0 Å². The molecule has 0 radical (unpaired) electrons. The van der Waals surface area contributed by atoms with Gasteiger partial charge in [0.15, 0.2) is 23.3 Å². The molecule has 1 aromatic heterocycles. The van der Waals surface area contributed by atoms with E-state index in [0.717, 1.165) is 11.3 Å². The average Bonchev–Trinajstić information content (AvgIpc) is 2.53. The number of aryl methyl sites for hydroxylation is 2. The predicted octanol–water partition coefficient (Wildman–Crippen LogP) is 2.63. The van der Waals surface area contributed by atoms with Crippen molar-refractivity contribution in [2.45, 2.75) is 32.2 Å². The Bertz CT molecular complexity index is 799. The van der Waals surface area contributed by atoms with Crippen LogP contribution in [0, 0.1) is 30.2 Å². The second-order valence-corrected chi connectivity index (χ2v) is 5.65. The van der Waals surface area contributed by atoms with Crippen molar-refractivity contribution in [3.63, 3.8) is 0 Å². The summed E-state index contributed by atoms with van der Waals surface area (Å²) in [5.41, 5.74) is 0.434. The molecule has 126 valence electrons. The Morgan fingerprint density at radius 3 is 2.54 bits per heavy atom. The molecule has 1 amide bonds. The zero-order valence-electron chi connectivity index (χ0n) is 12.7. The fraction of sp³-hybridized carbons (Fsp3) is 0.312. The molecule has 0 aliphatic heterocycles. The number of fused-ring (bicyclic) bond motifs is 1. The van der Waals surface area contributed by atoms with Crippen molar-refractivity contribution in [3.05, 3.63) is 58.2 Å². The van der Waals surface area contributed by atoms with Crippen LogP contribution < -0.4 is 5.32 Å². The van der Waals surface area contributed by atoms with E-state index in [2.05, 4.69) is 15.3 Å². The summed E-state index contributed by atoms with van der Waals surface area (Å²) in [5.74, 6) is -7.20. The molecule has 8 heteroatoms. The SMILES string of the molecule is Cc1ncc2c(n1)CCC(NC(=O)c1c(F)c(F)cc(F)c1F)C2. The predicted molar refractivity (Wildman–Crippen MR) is 76.3 cm³/mol. The fourth-order valence-electron chi connectivity index (χ4n) is 2.76. The maximum Gasteiger partial charge on any atom is 0.257 e. The number of rotatable bonds is 2. The minimum absolute atomic E-state index is 0.0674. The van der Waals surface area contributed by atoms with Gasteiger partial charge in [0, 0.05) is 24.0 Å². The molecule has 1 unspecified atom stereocenters. The van der Waals surface area contributed by atoms with Gasteiger partial charge in [-0.15, -0.1) is 0 Å². The van der Waals surface area contributed by atoms with Gasteiger partial charge in [-0.25, -0.2) is 27.5 Å². The Kier molecular flexibility index (Phi) is 4.21. The van der Waals surface area contributed by atoms with Gasteiger partial charge in [0.1, 0.15) is 11.4 Å². The van der Waals surface area contributed by atoms with Crippen LogP contribution in [0.25, 0.3) is 0 Å². The number of halogens is 4. The van der Waals surface area contributed by atoms with E-state index in [4.69, 9.17) is 0 Å². The number of hydrogen-bond acceptors (Lipinski definition) is 3. The van der Waals surface area contributed by atoms with E-state index in [9.17, 15) is 22.4 Å². The smallest absolute Gasteiger partial charge is 0.257 e. The minimum atomic E-state index is -1.71. The average molecular weight is 339 g/mol. The van der Waals surface area contributed by atoms with Gasteiger partial charge in [-0.05, 0) is 31.7 Å². The van der Waals surface area contributed by atoms with Crippen molar-refractivity contribution in [1.82, 2.24) is 15.3 Å². The number of benzene rings is 1. The van der Waals surface area contributed by atoms with Gasteiger partial charge in [0.05, 0.1) is 0 Å². The van der Waals surface area contributed by atoms with Crippen molar-refractivity contribution >= 4 is 5.91 Å². The largest absolute Gasteiger partial charge is 0.349 e. The second-order valence-electron chi connectivity index (χ2n) is 5.65. The first kappa shape index (κ1) is 16.4. The lowest BCUT2D eigenvalue weighted by atomic mass is 9.92. The third kappa shape index (κ3) is 2.95. The topological polar surface area (TPSA) is 54.9 Å². The van der Waals surface area contributed by atoms with E-state index < -0.39 is 40.8 Å². The molecule has 1 aliphatic rings. The van der Waals surface area contributed by atoms with E-state index in [1.54, 1.807) is 13.1 Å². The van der Waals surface area contributed by atoms with Crippen LogP contribution in [0.1, 0.15) is 33.9 Å². The molecule has 1 atom stereocenters. The summed E-state index contributed by atoms with van der Waals surface area (Å²) in [6.45, 7) is 1.76.